The predicted octanol–water partition coefficient (Wildman–Crippen LogP) is 3.53. The van der Waals surface area contributed by atoms with Crippen molar-refractivity contribution in [2.24, 2.45) is 5.92 Å². The van der Waals surface area contributed by atoms with Crippen LogP contribution in [0.2, 0.25) is 0 Å². The van der Waals surface area contributed by atoms with Gasteiger partial charge in [0.15, 0.2) is 0 Å². The zero-order chi connectivity index (χ0) is 19.0. The Morgan fingerprint density at radius 2 is 1.74 bits per heavy atom. The van der Waals surface area contributed by atoms with Crippen molar-refractivity contribution in [3.05, 3.63) is 52.5 Å². The fourth-order valence-electron chi connectivity index (χ4n) is 4.05. The van der Waals surface area contributed by atoms with Crippen molar-refractivity contribution >= 4 is 11.7 Å². The maximum atomic E-state index is 13.0. The van der Waals surface area contributed by atoms with E-state index in [0.29, 0.717) is 13.1 Å². The average Bonchev–Trinajstić information content (AvgIpc) is 2.68. The fraction of sp³-hybridized carbons (Fsp3) is 0.500. The minimum atomic E-state index is 0.0967. The van der Waals surface area contributed by atoms with Gasteiger partial charge in [-0.2, -0.15) is 0 Å². The van der Waals surface area contributed by atoms with Crippen LogP contribution in [-0.2, 0) is 13.0 Å². The Hall–Kier alpha value is -2.43. The number of piperidine rings is 1. The monoisotopic (exact) mass is 364 g/mol. The lowest BCUT2D eigenvalue weighted by Crippen LogP contribution is -2.40. The average molecular weight is 364 g/mol. The summed E-state index contributed by atoms with van der Waals surface area (Å²) in [6, 6.07) is 7.84. The van der Waals surface area contributed by atoms with Crippen LogP contribution in [0.25, 0.3) is 0 Å². The molecule has 5 heteroatoms. The second kappa shape index (κ2) is 7.29. The molecular formula is C22H28N4O. The number of rotatable bonds is 2. The summed E-state index contributed by atoms with van der Waals surface area (Å²) in [5.74, 6) is 2.76. The highest BCUT2D eigenvalue weighted by Gasteiger charge is 2.28. The summed E-state index contributed by atoms with van der Waals surface area (Å²) >= 11 is 0. The Balaban J connectivity index is 1.61. The smallest absolute Gasteiger partial charge is 0.254 e. The van der Waals surface area contributed by atoms with Crippen LogP contribution in [0.5, 0.6) is 0 Å². The molecule has 0 N–H and O–H groups in total. The van der Waals surface area contributed by atoms with Gasteiger partial charge in [0.2, 0.25) is 0 Å². The zero-order valence-electron chi connectivity index (χ0n) is 16.5. The Morgan fingerprint density at radius 1 is 1.04 bits per heavy atom. The first-order valence-electron chi connectivity index (χ1n) is 9.98. The maximum absolute atomic E-state index is 13.0. The molecule has 0 unspecified atom stereocenters. The second-order valence-corrected chi connectivity index (χ2v) is 8.03. The van der Waals surface area contributed by atoms with Gasteiger partial charge in [-0.1, -0.05) is 24.6 Å². The van der Waals surface area contributed by atoms with Crippen LogP contribution in [0.3, 0.4) is 0 Å². The number of benzene rings is 1. The Labute approximate surface area is 161 Å². The third-order valence-corrected chi connectivity index (χ3v) is 5.82. The summed E-state index contributed by atoms with van der Waals surface area (Å²) in [4.78, 5) is 26.8. The van der Waals surface area contributed by atoms with E-state index in [0.717, 1.165) is 53.9 Å². The highest BCUT2D eigenvalue weighted by molar-refractivity contribution is 5.94. The first-order chi connectivity index (χ1) is 13.0. The summed E-state index contributed by atoms with van der Waals surface area (Å²) < 4.78 is 0. The number of nitrogens with zero attached hydrogens (tertiary/aromatic N) is 4. The quantitative estimate of drug-likeness (QED) is 0.818. The van der Waals surface area contributed by atoms with Crippen LogP contribution < -0.4 is 4.90 Å². The maximum Gasteiger partial charge on any atom is 0.254 e. The van der Waals surface area contributed by atoms with Gasteiger partial charge in [0, 0.05) is 37.2 Å². The molecule has 0 aliphatic carbocycles. The lowest BCUT2D eigenvalue weighted by Gasteiger charge is -2.36. The normalized spacial score (nSPS) is 17.7. The fourth-order valence-corrected chi connectivity index (χ4v) is 4.05. The lowest BCUT2D eigenvalue weighted by atomic mass is 9.98. The summed E-state index contributed by atoms with van der Waals surface area (Å²) in [5.41, 5.74) is 4.18. The van der Waals surface area contributed by atoms with Crippen LogP contribution >= 0.6 is 0 Å². The van der Waals surface area contributed by atoms with Gasteiger partial charge in [-0.15, -0.1) is 0 Å². The van der Waals surface area contributed by atoms with Crippen LogP contribution in [0.4, 0.5) is 5.82 Å². The van der Waals surface area contributed by atoms with Gasteiger partial charge in [-0.25, -0.2) is 9.97 Å². The third-order valence-electron chi connectivity index (χ3n) is 5.82. The summed E-state index contributed by atoms with van der Waals surface area (Å²) in [6.07, 6.45) is 3.20. The van der Waals surface area contributed by atoms with E-state index in [1.165, 1.54) is 18.4 Å². The van der Waals surface area contributed by atoms with Crippen molar-refractivity contribution in [2.45, 2.75) is 46.6 Å². The van der Waals surface area contributed by atoms with E-state index >= 15 is 0 Å². The molecule has 1 aromatic carbocycles. The first kappa shape index (κ1) is 18.0. The van der Waals surface area contributed by atoms with Gasteiger partial charge in [0.1, 0.15) is 11.6 Å². The molecule has 2 aliphatic heterocycles. The molecule has 5 nitrogen and oxygen atoms in total. The van der Waals surface area contributed by atoms with E-state index in [2.05, 4.69) is 16.8 Å². The van der Waals surface area contributed by atoms with Gasteiger partial charge >= 0.3 is 0 Å². The van der Waals surface area contributed by atoms with Crippen molar-refractivity contribution in [1.82, 2.24) is 14.9 Å². The molecular weight excluding hydrogens is 336 g/mol. The van der Waals surface area contributed by atoms with Gasteiger partial charge < -0.3 is 9.80 Å². The number of hydrogen-bond donors (Lipinski definition) is 0. The van der Waals surface area contributed by atoms with E-state index < -0.39 is 0 Å². The number of hydrogen-bond acceptors (Lipinski definition) is 4. The second-order valence-electron chi connectivity index (χ2n) is 8.03. The van der Waals surface area contributed by atoms with E-state index in [4.69, 9.17) is 4.98 Å². The molecule has 0 bridgehead atoms. The number of aryl methyl sites for hydroxylation is 2. The molecule has 1 fully saturated rings. The van der Waals surface area contributed by atoms with E-state index in [-0.39, 0.29) is 5.91 Å². The Kier molecular flexibility index (Phi) is 4.85. The van der Waals surface area contributed by atoms with Gasteiger partial charge in [-0.05, 0) is 44.7 Å². The van der Waals surface area contributed by atoms with Crippen LogP contribution in [0, 0.1) is 19.8 Å². The third kappa shape index (κ3) is 3.68. The van der Waals surface area contributed by atoms with Crippen molar-refractivity contribution in [3.63, 3.8) is 0 Å². The van der Waals surface area contributed by atoms with E-state index in [9.17, 15) is 4.79 Å². The number of fused-ring (bicyclic) bond motifs is 1. The molecule has 27 heavy (non-hydrogen) atoms. The first-order valence-corrected chi connectivity index (χ1v) is 9.98. The van der Waals surface area contributed by atoms with Crippen molar-refractivity contribution in [1.29, 1.82) is 0 Å². The largest absolute Gasteiger partial charge is 0.356 e. The molecule has 2 aliphatic rings. The minimum absolute atomic E-state index is 0.0967. The number of carbonyl (C=O) groups is 1. The summed E-state index contributed by atoms with van der Waals surface area (Å²) in [5, 5.41) is 0. The Morgan fingerprint density at radius 3 is 2.44 bits per heavy atom. The molecule has 2 aromatic rings. The molecule has 0 atom stereocenters. The number of aromatic nitrogens is 2. The number of carbonyl (C=O) groups excluding carboxylic acids is 1. The van der Waals surface area contributed by atoms with E-state index in [1.807, 2.05) is 43.0 Å². The molecule has 0 radical (unpaired) electrons. The van der Waals surface area contributed by atoms with Gasteiger partial charge in [0.25, 0.3) is 5.91 Å². The molecule has 4 rings (SSSR count). The predicted molar refractivity (Wildman–Crippen MR) is 107 cm³/mol. The van der Waals surface area contributed by atoms with Crippen LogP contribution in [0.15, 0.2) is 24.3 Å². The Bertz CT molecular complexity index is 838. The number of anilines is 1. The SMILES string of the molecule is Cc1ccc(C(=O)N2CCc3nc(C)nc(N4CCC(C)CC4)c3C2)cc1. The highest BCUT2D eigenvalue weighted by atomic mass is 16.2. The van der Waals surface area contributed by atoms with Gasteiger partial charge in [0.05, 0.1) is 12.2 Å². The van der Waals surface area contributed by atoms with Crippen LogP contribution in [-0.4, -0.2) is 40.4 Å². The molecule has 0 spiro atoms. The molecule has 0 saturated carbocycles. The highest BCUT2D eigenvalue weighted by Crippen LogP contribution is 2.30. The summed E-state index contributed by atoms with van der Waals surface area (Å²) in [6.45, 7) is 9.72. The van der Waals surface area contributed by atoms with Crippen LogP contribution in [0.1, 0.15) is 52.8 Å². The molecule has 3 heterocycles. The topological polar surface area (TPSA) is 49.3 Å². The van der Waals surface area contributed by atoms with Crippen molar-refractivity contribution < 1.29 is 4.79 Å². The molecule has 1 saturated heterocycles. The minimum Gasteiger partial charge on any atom is -0.356 e. The van der Waals surface area contributed by atoms with Crippen molar-refractivity contribution in [2.75, 3.05) is 24.5 Å². The molecule has 1 amide bonds. The molecule has 142 valence electrons. The zero-order valence-corrected chi connectivity index (χ0v) is 16.5. The van der Waals surface area contributed by atoms with Crippen molar-refractivity contribution in [3.8, 4) is 0 Å². The summed E-state index contributed by atoms with van der Waals surface area (Å²) in [7, 11) is 0. The number of amides is 1. The standard InChI is InChI=1S/C22H28N4O/c1-15-4-6-18(7-5-15)22(27)26-13-10-20-19(14-26)21(24-17(3)23-20)25-11-8-16(2)9-12-25/h4-7,16H,8-14H2,1-3H3. The molecule has 1 aromatic heterocycles. The van der Waals surface area contributed by atoms with Gasteiger partial charge in [-0.3, -0.25) is 4.79 Å². The lowest BCUT2D eigenvalue weighted by molar-refractivity contribution is 0.0733. The van der Waals surface area contributed by atoms with E-state index in [1.54, 1.807) is 0 Å².